The lowest BCUT2D eigenvalue weighted by atomic mass is 9.91. The molecule has 0 atom stereocenters. The predicted molar refractivity (Wildman–Crippen MR) is 67.2 cm³/mol. The van der Waals surface area contributed by atoms with Crippen LogP contribution in [0, 0.1) is 6.92 Å². The van der Waals surface area contributed by atoms with Crippen LogP contribution >= 0.6 is 0 Å². The average Bonchev–Trinajstić information content (AvgIpc) is 2.96. The van der Waals surface area contributed by atoms with Crippen molar-refractivity contribution in [3.8, 4) is 11.5 Å². The van der Waals surface area contributed by atoms with Crippen molar-refractivity contribution in [2.45, 2.75) is 50.2 Å². The molecule has 1 N–H and O–H groups in total. The molecule has 3 aliphatic rings. The van der Waals surface area contributed by atoms with Gasteiger partial charge in [-0.25, -0.2) is 0 Å². The van der Waals surface area contributed by atoms with E-state index < -0.39 is 0 Å². The highest BCUT2D eigenvalue weighted by molar-refractivity contribution is 5.58. The van der Waals surface area contributed by atoms with E-state index in [0.717, 1.165) is 30.9 Å². The van der Waals surface area contributed by atoms with Crippen LogP contribution in [0.3, 0.4) is 0 Å². The fraction of sp³-hybridized carbons (Fsp3) is 0.600. The molecule has 2 saturated carbocycles. The first-order valence-corrected chi connectivity index (χ1v) is 6.80. The fourth-order valence-corrected chi connectivity index (χ4v) is 3.10. The highest BCUT2D eigenvalue weighted by Crippen LogP contribution is 2.59. The number of ether oxygens (including phenoxy) is 2. The third-order valence-electron chi connectivity index (χ3n) is 4.56. The van der Waals surface area contributed by atoms with Crippen molar-refractivity contribution < 1.29 is 14.6 Å². The van der Waals surface area contributed by atoms with E-state index in [1.807, 2.05) is 0 Å². The van der Waals surface area contributed by atoms with Crippen molar-refractivity contribution in [1.82, 2.24) is 0 Å². The van der Waals surface area contributed by atoms with Crippen LogP contribution in [0.15, 0.2) is 12.1 Å². The van der Waals surface area contributed by atoms with Crippen molar-refractivity contribution in [2.75, 3.05) is 6.61 Å². The van der Waals surface area contributed by atoms with Gasteiger partial charge in [0.2, 0.25) is 0 Å². The van der Waals surface area contributed by atoms with Gasteiger partial charge in [0.05, 0.1) is 12.7 Å². The van der Waals surface area contributed by atoms with Crippen molar-refractivity contribution >= 4 is 0 Å². The Morgan fingerprint density at radius 2 is 2.11 bits per heavy atom. The second kappa shape index (κ2) is 3.41. The van der Waals surface area contributed by atoms with Crippen LogP contribution in [-0.2, 0) is 5.41 Å². The highest BCUT2D eigenvalue weighted by Gasteiger charge is 2.53. The summed E-state index contributed by atoms with van der Waals surface area (Å²) in [4.78, 5) is 0. The molecule has 3 nitrogen and oxygen atoms in total. The quantitative estimate of drug-likeness (QED) is 0.870. The molecule has 0 amide bonds. The van der Waals surface area contributed by atoms with E-state index in [2.05, 4.69) is 19.1 Å². The molecule has 18 heavy (non-hydrogen) atoms. The van der Waals surface area contributed by atoms with Crippen molar-refractivity contribution in [1.29, 1.82) is 0 Å². The van der Waals surface area contributed by atoms with Crippen LogP contribution in [0.2, 0.25) is 0 Å². The number of rotatable bonds is 2. The summed E-state index contributed by atoms with van der Waals surface area (Å²) in [5.74, 6) is 2.03. The Morgan fingerprint density at radius 3 is 2.78 bits per heavy atom. The van der Waals surface area contributed by atoms with Gasteiger partial charge in [0.1, 0.15) is 17.6 Å². The molecule has 0 unspecified atom stereocenters. The Bertz CT molecular complexity index is 499. The van der Waals surface area contributed by atoms with E-state index in [1.54, 1.807) is 0 Å². The molecule has 96 valence electrons. The molecule has 0 radical (unpaired) electrons. The van der Waals surface area contributed by atoms with E-state index in [1.165, 1.54) is 24.0 Å². The first kappa shape index (κ1) is 10.7. The molecule has 3 heteroatoms. The summed E-state index contributed by atoms with van der Waals surface area (Å²) in [5, 5.41) is 9.34. The average molecular weight is 246 g/mol. The maximum absolute atomic E-state index is 9.34. The van der Waals surface area contributed by atoms with Crippen molar-refractivity contribution in [2.24, 2.45) is 0 Å². The van der Waals surface area contributed by atoms with Crippen LogP contribution in [0.1, 0.15) is 36.8 Å². The Labute approximate surface area is 107 Å². The molecule has 1 heterocycles. The number of hydrogen-bond donors (Lipinski definition) is 1. The molecule has 1 aliphatic heterocycles. The van der Waals surface area contributed by atoms with Crippen molar-refractivity contribution in [3.63, 3.8) is 0 Å². The van der Waals surface area contributed by atoms with Gasteiger partial charge in [-0.3, -0.25) is 0 Å². The van der Waals surface area contributed by atoms with Gasteiger partial charge in [-0.05, 0) is 31.4 Å². The van der Waals surface area contributed by atoms with E-state index >= 15 is 0 Å². The SMILES string of the molecule is Cc1ccc(OC2CC(O)C2)c2c1OCC21CC1. The topological polar surface area (TPSA) is 38.7 Å². The molecular weight excluding hydrogens is 228 g/mol. The molecular formula is C15H18O3. The first-order chi connectivity index (χ1) is 8.68. The Kier molecular flexibility index (Phi) is 2.03. The molecule has 1 aromatic rings. The van der Waals surface area contributed by atoms with Gasteiger partial charge in [-0.1, -0.05) is 6.07 Å². The zero-order valence-corrected chi connectivity index (χ0v) is 10.6. The smallest absolute Gasteiger partial charge is 0.129 e. The van der Waals surface area contributed by atoms with Gasteiger partial charge >= 0.3 is 0 Å². The molecule has 4 rings (SSSR count). The highest BCUT2D eigenvalue weighted by atomic mass is 16.5. The lowest BCUT2D eigenvalue weighted by Crippen LogP contribution is -2.37. The third-order valence-corrected chi connectivity index (χ3v) is 4.56. The number of hydrogen-bond acceptors (Lipinski definition) is 3. The first-order valence-electron chi connectivity index (χ1n) is 6.80. The minimum Gasteiger partial charge on any atom is -0.492 e. The number of fused-ring (bicyclic) bond motifs is 2. The minimum atomic E-state index is -0.167. The molecule has 0 saturated heterocycles. The minimum absolute atomic E-state index is 0.167. The third kappa shape index (κ3) is 1.40. The maximum atomic E-state index is 9.34. The molecule has 1 spiro atoms. The van der Waals surface area contributed by atoms with Gasteiger partial charge < -0.3 is 14.6 Å². The van der Waals surface area contributed by atoms with Crippen LogP contribution < -0.4 is 9.47 Å². The monoisotopic (exact) mass is 246 g/mol. The van der Waals surface area contributed by atoms with Crippen LogP contribution in [0.4, 0.5) is 0 Å². The van der Waals surface area contributed by atoms with Gasteiger partial charge in [0.15, 0.2) is 0 Å². The lowest BCUT2D eigenvalue weighted by molar-refractivity contribution is -0.0113. The standard InChI is InChI=1S/C15H18O3/c1-9-2-3-12(18-11-6-10(16)7-11)13-14(9)17-8-15(13)4-5-15/h2-3,10-11,16H,4-8H2,1H3. The number of aliphatic hydroxyl groups is 1. The summed E-state index contributed by atoms with van der Waals surface area (Å²) >= 11 is 0. The van der Waals surface area contributed by atoms with Crippen LogP contribution in [0.25, 0.3) is 0 Å². The number of aliphatic hydroxyl groups excluding tert-OH is 1. The van der Waals surface area contributed by atoms with E-state index in [9.17, 15) is 5.11 Å². The van der Waals surface area contributed by atoms with E-state index in [0.29, 0.717) is 0 Å². The molecule has 0 bridgehead atoms. The van der Waals surface area contributed by atoms with Gasteiger partial charge in [0.25, 0.3) is 0 Å². The second-order valence-electron chi connectivity index (χ2n) is 6.02. The van der Waals surface area contributed by atoms with Gasteiger partial charge in [0, 0.05) is 23.8 Å². The zero-order chi connectivity index (χ0) is 12.3. The molecule has 1 aromatic carbocycles. The number of aryl methyl sites for hydroxylation is 1. The summed E-state index contributed by atoms with van der Waals surface area (Å²) in [5.41, 5.74) is 2.75. The zero-order valence-electron chi connectivity index (χ0n) is 10.6. The Morgan fingerprint density at radius 1 is 1.33 bits per heavy atom. The van der Waals surface area contributed by atoms with E-state index in [-0.39, 0.29) is 17.6 Å². The fourth-order valence-electron chi connectivity index (χ4n) is 3.10. The van der Waals surface area contributed by atoms with Gasteiger partial charge in [-0.2, -0.15) is 0 Å². The van der Waals surface area contributed by atoms with Crippen LogP contribution in [0.5, 0.6) is 11.5 Å². The lowest BCUT2D eigenvalue weighted by Gasteiger charge is -2.32. The van der Waals surface area contributed by atoms with Gasteiger partial charge in [-0.15, -0.1) is 0 Å². The van der Waals surface area contributed by atoms with E-state index in [4.69, 9.17) is 9.47 Å². The predicted octanol–water partition coefficient (Wildman–Crippen LogP) is 2.32. The Hall–Kier alpha value is -1.22. The molecule has 2 aliphatic carbocycles. The van der Waals surface area contributed by atoms with Crippen LogP contribution in [-0.4, -0.2) is 23.9 Å². The summed E-state index contributed by atoms with van der Waals surface area (Å²) in [6.45, 7) is 2.91. The summed E-state index contributed by atoms with van der Waals surface area (Å²) in [6.07, 6.45) is 3.97. The summed E-state index contributed by atoms with van der Waals surface area (Å²) in [6, 6.07) is 4.15. The largest absolute Gasteiger partial charge is 0.492 e. The normalized spacial score (nSPS) is 30.6. The molecule has 2 fully saturated rings. The second-order valence-corrected chi connectivity index (χ2v) is 6.02. The number of benzene rings is 1. The summed E-state index contributed by atoms with van der Waals surface area (Å²) in [7, 11) is 0. The molecule has 0 aromatic heterocycles. The summed E-state index contributed by atoms with van der Waals surface area (Å²) < 4.78 is 11.9. The maximum Gasteiger partial charge on any atom is 0.129 e. The van der Waals surface area contributed by atoms with Crippen molar-refractivity contribution in [3.05, 3.63) is 23.3 Å². The Balaban J connectivity index is 1.69.